The number of hydrogen-bond acceptors (Lipinski definition) is 5. The van der Waals surface area contributed by atoms with Crippen molar-refractivity contribution in [3.8, 4) is 5.75 Å². The van der Waals surface area contributed by atoms with Gasteiger partial charge in [-0.05, 0) is 55.0 Å². The first-order valence-electron chi connectivity index (χ1n) is 10.1. The summed E-state index contributed by atoms with van der Waals surface area (Å²) in [5, 5.41) is 0. The molecule has 7 nitrogen and oxygen atoms in total. The van der Waals surface area contributed by atoms with Crippen LogP contribution in [-0.4, -0.2) is 33.0 Å². The molecule has 0 fully saturated rings. The predicted octanol–water partition coefficient (Wildman–Crippen LogP) is 4.12. The normalized spacial score (nSPS) is 12.2. The summed E-state index contributed by atoms with van der Waals surface area (Å²) in [6.45, 7) is 2.00. The molecule has 0 aliphatic rings. The van der Waals surface area contributed by atoms with Crippen molar-refractivity contribution in [1.29, 1.82) is 0 Å². The van der Waals surface area contributed by atoms with E-state index >= 15 is 0 Å². The number of amides is 1. The highest BCUT2D eigenvalue weighted by molar-refractivity contribution is 7.92. The van der Waals surface area contributed by atoms with E-state index in [1.807, 2.05) is 36.7 Å². The van der Waals surface area contributed by atoms with E-state index in [4.69, 9.17) is 4.74 Å². The van der Waals surface area contributed by atoms with Crippen LogP contribution in [0.2, 0.25) is 0 Å². The van der Waals surface area contributed by atoms with Crippen molar-refractivity contribution in [3.05, 3.63) is 82.7 Å². The Kier molecular flexibility index (Phi) is 6.09. The van der Waals surface area contributed by atoms with Gasteiger partial charge in [0.15, 0.2) is 4.80 Å². The largest absolute Gasteiger partial charge is 0.495 e. The fourth-order valence-electron chi connectivity index (χ4n) is 3.47. The van der Waals surface area contributed by atoms with Crippen molar-refractivity contribution in [2.45, 2.75) is 11.8 Å². The highest BCUT2D eigenvalue weighted by atomic mass is 32.2. The third-order valence-corrected chi connectivity index (χ3v) is 8.47. The van der Waals surface area contributed by atoms with Crippen LogP contribution in [-0.2, 0) is 17.1 Å². The maximum absolute atomic E-state index is 12.9. The summed E-state index contributed by atoms with van der Waals surface area (Å²) < 4.78 is 35.4. The number of fused-ring (bicyclic) bond motifs is 1. The molecule has 0 saturated heterocycles. The Labute approximate surface area is 196 Å². The fraction of sp³-hybridized carbons (Fsp3) is 0.167. The Bertz CT molecular complexity index is 1500. The Morgan fingerprint density at radius 2 is 1.70 bits per heavy atom. The first kappa shape index (κ1) is 22.8. The molecule has 0 atom stereocenters. The number of benzene rings is 3. The van der Waals surface area contributed by atoms with Crippen LogP contribution < -0.4 is 13.8 Å². The van der Waals surface area contributed by atoms with Gasteiger partial charge in [0.25, 0.3) is 15.9 Å². The van der Waals surface area contributed by atoms with Crippen LogP contribution in [0.4, 0.5) is 5.69 Å². The number of hydrogen-bond donors (Lipinski definition) is 0. The summed E-state index contributed by atoms with van der Waals surface area (Å²) in [5.41, 5.74) is 2.80. The summed E-state index contributed by atoms with van der Waals surface area (Å²) in [6.07, 6.45) is 0. The Morgan fingerprint density at radius 3 is 2.33 bits per heavy atom. The summed E-state index contributed by atoms with van der Waals surface area (Å²) >= 11 is 1.40. The van der Waals surface area contributed by atoms with Gasteiger partial charge < -0.3 is 9.30 Å². The van der Waals surface area contributed by atoms with E-state index in [1.54, 1.807) is 31.4 Å². The highest BCUT2D eigenvalue weighted by Crippen LogP contribution is 2.29. The van der Waals surface area contributed by atoms with Crippen LogP contribution in [0.1, 0.15) is 15.9 Å². The first-order valence-corrected chi connectivity index (χ1v) is 12.4. The van der Waals surface area contributed by atoms with Crippen molar-refractivity contribution in [2.75, 3.05) is 18.5 Å². The van der Waals surface area contributed by atoms with E-state index < -0.39 is 15.9 Å². The number of methoxy groups -OCH3 is 1. The molecule has 4 rings (SSSR count). The average molecular weight is 482 g/mol. The van der Waals surface area contributed by atoms with E-state index in [-0.39, 0.29) is 4.90 Å². The molecule has 9 heteroatoms. The number of para-hydroxylation sites is 1. The van der Waals surface area contributed by atoms with Gasteiger partial charge in [-0.3, -0.25) is 9.10 Å². The zero-order chi connectivity index (χ0) is 23.8. The predicted molar refractivity (Wildman–Crippen MR) is 130 cm³/mol. The molecular weight excluding hydrogens is 458 g/mol. The monoisotopic (exact) mass is 481 g/mol. The molecular formula is C24H23N3O4S2. The number of rotatable bonds is 5. The lowest BCUT2D eigenvalue weighted by Gasteiger charge is -2.19. The molecule has 0 saturated carbocycles. The Balaban J connectivity index is 1.67. The van der Waals surface area contributed by atoms with Crippen molar-refractivity contribution >= 4 is 43.2 Å². The molecule has 170 valence electrons. The van der Waals surface area contributed by atoms with Crippen molar-refractivity contribution in [1.82, 2.24) is 4.57 Å². The average Bonchev–Trinajstić information content (AvgIpc) is 3.16. The zero-order valence-corrected chi connectivity index (χ0v) is 20.3. The molecule has 0 unspecified atom stereocenters. The molecule has 33 heavy (non-hydrogen) atoms. The van der Waals surface area contributed by atoms with Gasteiger partial charge in [-0.2, -0.15) is 4.99 Å². The maximum atomic E-state index is 12.9. The SMILES string of the molecule is COc1ccc(C)c2sc(=NC(=O)c3ccc(S(=O)(=O)N(C)c4ccccc4)cc3)n(C)c12. The summed E-state index contributed by atoms with van der Waals surface area (Å²) in [4.78, 5) is 17.7. The van der Waals surface area contributed by atoms with Gasteiger partial charge in [0.1, 0.15) is 11.3 Å². The van der Waals surface area contributed by atoms with E-state index in [9.17, 15) is 13.2 Å². The molecule has 0 bridgehead atoms. The molecule has 0 spiro atoms. The lowest BCUT2D eigenvalue weighted by molar-refractivity contribution is 0.0998. The minimum Gasteiger partial charge on any atom is -0.495 e. The Morgan fingerprint density at radius 1 is 1.03 bits per heavy atom. The molecule has 1 aromatic heterocycles. The van der Waals surface area contributed by atoms with Gasteiger partial charge in [0.05, 0.1) is 22.4 Å². The summed E-state index contributed by atoms with van der Waals surface area (Å²) in [5.74, 6) is 0.259. The molecule has 0 aliphatic heterocycles. The maximum Gasteiger partial charge on any atom is 0.279 e. The molecule has 3 aromatic carbocycles. The van der Waals surface area contributed by atoms with Gasteiger partial charge in [0.2, 0.25) is 0 Å². The Hall–Kier alpha value is -3.43. The van der Waals surface area contributed by atoms with Crippen molar-refractivity contribution < 1.29 is 17.9 Å². The second-order valence-electron chi connectivity index (χ2n) is 7.46. The number of ether oxygens (including phenoxy) is 1. The molecule has 1 heterocycles. The number of carbonyl (C=O) groups excluding carboxylic acids is 1. The van der Waals surface area contributed by atoms with Crippen LogP contribution in [0.3, 0.4) is 0 Å². The van der Waals surface area contributed by atoms with Crippen LogP contribution in [0, 0.1) is 6.92 Å². The van der Waals surface area contributed by atoms with Gasteiger partial charge in [-0.1, -0.05) is 35.6 Å². The van der Waals surface area contributed by atoms with Gasteiger partial charge in [-0.15, -0.1) is 0 Å². The van der Waals surface area contributed by atoms with E-state index in [0.717, 1.165) is 15.8 Å². The minimum atomic E-state index is -3.75. The summed E-state index contributed by atoms with van der Waals surface area (Å²) in [6, 6.07) is 18.5. The lowest BCUT2D eigenvalue weighted by Crippen LogP contribution is -2.26. The van der Waals surface area contributed by atoms with E-state index in [2.05, 4.69) is 4.99 Å². The number of aryl methyl sites for hydroxylation is 2. The quantitative estimate of drug-likeness (QED) is 0.429. The number of thiazole rings is 1. The van der Waals surface area contributed by atoms with Crippen LogP contribution in [0.25, 0.3) is 10.2 Å². The second kappa shape index (κ2) is 8.84. The van der Waals surface area contributed by atoms with Crippen molar-refractivity contribution in [3.63, 3.8) is 0 Å². The van der Waals surface area contributed by atoms with Crippen LogP contribution >= 0.6 is 11.3 Å². The topological polar surface area (TPSA) is 81.0 Å². The zero-order valence-electron chi connectivity index (χ0n) is 18.6. The minimum absolute atomic E-state index is 0.0955. The third-order valence-electron chi connectivity index (χ3n) is 5.40. The molecule has 1 amide bonds. The molecule has 4 aromatic rings. The van der Waals surface area contributed by atoms with Crippen LogP contribution in [0.15, 0.2) is 76.6 Å². The van der Waals surface area contributed by atoms with Gasteiger partial charge in [-0.25, -0.2) is 8.42 Å². The number of nitrogens with zero attached hydrogens (tertiary/aromatic N) is 3. The van der Waals surface area contributed by atoms with E-state index in [0.29, 0.717) is 21.8 Å². The smallest absolute Gasteiger partial charge is 0.279 e. The third kappa shape index (κ3) is 4.17. The molecule has 0 radical (unpaired) electrons. The van der Waals surface area contributed by atoms with E-state index in [1.165, 1.54) is 47.0 Å². The van der Waals surface area contributed by atoms with Crippen molar-refractivity contribution in [2.24, 2.45) is 12.0 Å². The number of sulfonamides is 1. The first-order chi connectivity index (χ1) is 15.7. The second-order valence-corrected chi connectivity index (χ2v) is 10.4. The standard InChI is InChI=1S/C24H23N3O4S2/c1-16-10-15-20(31-4)21-22(16)32-24(26(21)2)25-23(28)17-11-13-19(14-12-17)33(29,30)27(3)18-8-6-5-7-9-18/h5-15H,1-4H3. The number of carbonyl (C=O) groups is 1. The number of anilines is 1. The van der Waals surface area contributed by atoms with Crippen LogP contribution in [0.5, 0.6) is 5.75 Å². The highest BCUT2D eigenvalue weighted by Gasteiger charge is 2.21. The molecule has 0 N–H and O–H groups in total. The summed E-state index contributed by atoms with van der Waals surface area (Å²) in [7, 11) is 1.18. The van der Waals surface area contributed by atoms with Gasteiger partial charge in [0, 0.05) is 19.7 Å². The van der Waals surface area contributed by atoms with Gasteiger partial charge >= 0.3 is 0 Å². The number of aromatic nitrogens is 1. The lowest BCUT2D eigenvalue weighted by atomic mass is 10.2. The molecule has 0 aliphatic carbocycles. The fourth-order valence-corrected chi connectivity index (χ4v) is 5.77.